The lowest BCUT2D eigenvalue weighted by Gasteiger charge is -2.30. The van der Waals surface area contributed by atoms with Gasteiger partial charge in [0.05, 0.1) is 22.5 Å². The second-order valence-corrected chi connectivity index (χ2v) is 8.17. The standard InChI is InChI=1S/C25H29F3N4O2/c1-4-6-16-31(24(34)29-19-13-11-18(12-14-19)25(26,27)28)17(3)22-30-21-10-8-7-9-20(21)23(33)32(22)15-5-2/h7-14,17H,4-6,15-16H2,1-3H3,(H,29,34). The molecule has 0 aliphatic carbocycles. The molecule has 1 atom stereocenters. The van der Waals surface area contributed by atoms with Gasteiger partial charge in [0.15, 0.2) is 0 Å². The van der Waals surface area contributed by atoms with Crippen molar-refractivity contribution in [3.05, 3.63) is 70.3 Å². The number of benzene rings is 2. The van der Waals surface area contributed by atoms with Crippen LogP contribution < -0.4 is 10.9 Å². The van der Waals surface area contributed by atoms with Crippen molar-refractivity contribution in [3.8, 4) is 0 Å². The number of fused-ring (bicyclic) bond motifs is 1. The third-order valence-electron chi connectivity index (χ3n) is 5.66. The maximum Gasteiger partial charge on any atom is 0.416 e. The Morgan fingerprint density at radius 3 is 2.38 bits per heavy atom. The molecule has 2 amide bonds. The lowest BCUT2D eigenvalue weighted by atomic mass is 10.2. The number of carbonyl (C=O) groups is 1. The molecule has 1 unspecified atom stereocenters. The van der Waals surface area contributed by atoms with Gasteiger partial charge in [-0.15, -0.1) is 0 Å². The summed E-state index contributed by atoms with van der Waals surface area (Å²) in [5.74, 6) is 0.476. The van der Waals surface area contributed by atoms with E-state index in [0.29, 0.717) is 36.2 Å². The molecule has 0 saturated carbocycles. The van der Waals surface area contributed by atoms with Crippen LogP contribution in [0.2, 0.25) is 0 Å². The first kappa shape index (κ1) is 25.3. The Bertz CT molecular complexity index is 1190. The number of hydrogen-bond donors (Lipinski definition) is 1. The van der Waals surface area contributed by atoms with E-state index in [9.17, 15) is 22.8 Å². The minimum absolute atomic E-state index is 0.159. The average Bonchev–Trinajstić information content (AvgIpc) is 2.80. The summed E-state index contributed by atoms with van der Waals surface area (Å²) in [6.07, 6.45) is -2.18. The number of nitrogens with one attached hydrogen (secondary N) is 1. The number of para-hydroxylation sites is 1. The summed E-state index contributed by atoms with van der Waals surface area (Å²) in [5, 5.41) is 3.20. The van der Waals surface area contributed by atoms with Crippen molar-refractivity contribution in [2.45, 2.75) is 58.8 Å². The normalized spacial score (nSPS) is 12.5. The van der Waals surface area contributed by atoms with Crippen LogP contribution in [-0.2, 0) is 12.7 Å². The smallest absolute Gasteiger partial charge is 0.315 e. The molecule has 0 aliphatic heterocycles. The molecule has 1 heterocycles. The summed E-state index contributed by atoms with van der Waals surface area (Å²) >= 11 is 0. The van der Waals surface area contributed by atoms with Crippen molar-refractivity contribution in [2.75, 3.05) is 11.9 Å². The average molecular weight is 475 g/mol. The monoisotopic (exact) mass is 474 g/mol. The van der Waals surface area contributed by atoms with E-state index in [-0.39, 0.29) is 11.2 Å². The highest BCUT2D eigenvalue weighted by molar-refractivity contribution is 5.89. The van der Waals surface area contributed by atoms with Gasteiger partial charge < -0.3 is 10.2 Å². The topological polar surface area (TPSA) is 67.2 Å². The molecule has 34 heavy (non-hydrogen) atoms. The SMILES string of the molecule is CCCCN(C(=O)Nc1ccc(C(F)(F)F)cc1)C(C)c1nc2ccccc2c(=O)n1CCC. The van der Waals surface area contributed by atoms with Crippen molar-refractivity contribution < 1.29 is 18.0 Å². The number of aromatic nitrogens is 2. The molecule has 1 N–H and O–H groups in total. The zero-order valence-corrected chi connectivity index (χ0v) is 19.5. The van der Waals surface area contributed by atoms with Gasteiger partial charge in [0.25, 0.3) is 5.56 Å². The summed E-state index contributed by atoms with van der Waals surface area (Å²) in [6, 6.07) is 10.4. The first-order valence-corrected chi connectivity index (χ1v) is 11.4. The van der Waals surface area contributed by atoms with Crippen LogP contribution in [0.25, 0.3) is 10.9 Å². The predicted molar refractivity (Wildman–Crippen MR) is 127 cm³/mol. The molecule has 1 aromatic heterocycles. The maximum absolute atomic E-state index is 13.2. The minimum atomic E-state index is -4.45. The molecule has 0 saturated heterocycles. The summed E-state index contributed by atoms with van der Waals surface area (Å²) < 4.78 is 40.2. The molecule has 3 rings (SSSR count). The van der Waals surface area contributed by atoms with Crippen molar-refractivity contribution in [3.63, 3.8) is 0 Å². The number of amides is 2. The largest absolute Gasteiger partial charge is 0.416 e. The van der Waals surface area contributed by atoms with Gasteiger partial charge in [-0.2, -0.15) is 13.2 Å². The van der Waals surface area contributed by atoms with Crippen molar-refractivity contribution in [2.24, 2.45) is 0 Å². The lowest BCUT2D eigenvalue weighted by molar-refractivity contribution is -0.137. The van der Waals surface area contributed by atoms with Gasteiger partial charge in [-0.3, -0.25) is 9.36 Å². The minimum Gasteiger partial charge on any atom is -0.315 e. The van der Waals surface area contributed by atoms with E-state index in [1.165, 1.54) is 12.1 Å². The van der Waals surface area contributed by atoms with E-state index in [1.54, 1.807) is 33.7 Å². The highest BCUT2D eigenvalue weighted by Crippen LogP contribution is 2.30. The van der Waals surface area contributed by atoms with Gasteiger partial charge in [0.1, 0.15) is 5.82 Å². The highest BCUT2D eigenvalue weighted by atomic mass is 19.4. The number of hydrogen-bond acceptors (Lipinski definition) is 3. The van der Waals surface area contributed by atoms with E-state index < -0.39 is 23.8 Å². The Balaban J connectivity index is 1.96. The Labute approximate surface area is 196 Å². The summed E-state index contributed by atoms with van der Waals surface area (Å²) in [7, 11) is 0. The molecule has 182 valence electrons. The quantitative estimate of drug-likeness (QED) is 0.421. The molecule has 0 bridgehead atoms. The van der Waals surface area contributed by atoms with Crippen LogP contribution in [0.15, 0.2) is 53.3 Å². The number of anilines is 1. The molecule has 0 spiro atoms. The molecule has 2 aromatic carbocycles. The first-order chi connectivity index (χ1) is 16.2. The summed E-state index contributed by atoms with van der Waals surface area (Å²) in [4.78, 5) is 32.7. The van der Waals surface area contributed by atoms with E-state index in [0.717, 1.165) is 25.0 Å². The van der Waals surface area contributed by atoms with Gasteiger partial charge in [-0.25, -0.2) is 9.78 Å². The maximum atomic E-state index is 13.2. The number of halogens is 3. The zero-order chi connectivity index (χ0) is 24.9. The number of alkyl halides is 3. The van der Waals surface area contributed by atoms with Gasteiger partial charge in [-0.05, 0) is 56.2 Å². The highest BCUT2D eigenvalue weighted by Gasteiger charge is 2.30. The van der Waals surface area contributed by atoms with E-state index in [4.69, 9.17) is 4.98 Å². The predicted octanol–water partition coefficient (Wildman–Crippen LogP) is 6.22. The lowest BCUT2D eigenvalue weighted by Crippen LogP contribution is -2.40. The summed E-state index contributed by atoms with van der Waals surface area (Å²) in [6.45, 7) is 6.63. The third kappa shape index (κ3) is 5.58. The fourth-order valence-corrected chi connectivity index (χ4v) is 3.82. The number of rotatable bonds is 8. The van der Waals surface area contributed by atoms with Crippen molar-refractivity contribution in [1.82, 2.24) is 14.5 Å². The second-order valence-electron chi connectivity index (χ2n) is 8.17. The van der Waals surface area contributed by atoms with Crippen molar-refractivity contribution in [1.29, 1.82) is 0 Å². The van der Waals surface area contributed by atoms with E-state index in [1.807, 2.05) is 20.8 Å². The number of unbranched alkanes of at least 4 members (excludes halogenated alkanes) is 1. The Morgan fingerprint density at radius 2 is 1.76 bits per heavy atom. The van der Waals surface area contributed by atoms with E-state index in [2.05, 4.69) is 5.32 Å². The van der Waals surface area contributed by atoms with Gasteiger partial charge in [0.2, 0.25) is 0 Å². The van der Waals surface area contributed by atoms with Gasteiger partial charge in [0, 0.05) is 18.8 Å². The van der Waals surface area contributed by atoms with Crippen LogP contribution in [0.5, 0.6) is 0 Å². The molecule has 3 aromatic rings. The number of carbonyl (C=O) groups excluding carboxylic acids is 1. The van der Waals surface area contributed by atoms with Crippen LogP contribution in [0, 0.1) is 0 Å². The van der Waals surface area contributed by atoms with Crippen LogP contribution in [0.4, 0.5) is 23.7 Å². The Morgan fingerprint density at radius 1 is 1.09 bits per heavy atom. The van der Waals surface area contributed by atoms with Crippen LogP contribution in [-0.4, -0.2) is 27.0 Å². The number of urea groups is 1. The van der Waals surface area contributed by atoms with Crippen LogP contribution >= 0.6 is 0 Å². The fourth-order valence-electron chi connectivity index (χ4n) is 3.82. The molecule has 6 nitrogen and oxygen atoms in total. The van der Waals surface area contributed by atoms with Crippen LogP contribution in [0.1, 0.15) is 57.5 Å². The molecular weight excluding hydrogens is 445 g/mol. The van der Waals surface area contributed by atoms with Gasteiger partial charge in [-0.1, -0.05) is 32.4 Å². The molecular formula is C25H29F3N4O2. The molecule has 9 heteroatoms. The molecule has 0 fully saturated rings. The van der Waals surface area contributed by atoms with Crippen LogP contribution in [0.3, 0.4) is 0 Å². The number of nitrogens with zero attached hydrogens (tertiary/aromatic N) is 3. The molecule has 0 radical (unpaired) electrons. The van der Waals surface area contributed by atoms with Gasteiger partial charge >= 0.3 is 12.2 Å². The fraction of sp³-hybridized carbons (Fsp3) is 0.400. The second kappa shape index (κ2) is 10.7. The zero-order valence-electron chi connectivity index (χ0n) is 19.5. The molecule has 0 aliphatic rings. The Kier molecular flexibility index (Phi) is 7.96. The third-order valence-corrected chi connectivity index (χ3v) is 5.66. The van der Waals surface area contributed by atoms with E-state index >= 15 is 0 Å². The summed E-state index contributed by atoms with van der Waals surface area (Å²) in [5.41, 5.74) is -0.136. The first-order valence-electron chi connectivity index (χ1n) is 11.4. The Hall–Kier alpha value is -3.36. The van der Waals surface area contributed by atoms with Crippen molar-refractivity contribution >= 4 is 22.6 Å².